The van der Waals surface area contributed by atoms with Crippen LogP contribution in [0.3, 0.4) is 0 Å². The van der Waals surface area contributed by atoms with Gasteiger partial charge in [0.15, 0.2) is 12.7 Å². The molecule has 2 heteroatoms. The van der Waals surface area contributed by atoms with Crippen LogP contribution in [0.5, 0.6) is 0 Å². The van der Waals surface area contributed by atoms with E-state index in [4.69, 9.17) is 0 Å². The van der Waals surface area contributed by atoms with Gasteiger partial charge >= 0.3 is 0 Å². The minimum absolute atomic E-state index is 0.323. The van der Waals surface area contributed by atoms with Crippen LogP contribution in [0, 0.1) is 0 Å². The molecule has 0 fully saturated rings. The summed E-state index contributed by atoms with van der Waals surface area (Å²) in [6.45, 7) is 6.08. The molecular weight excluding hydrogens is 150 g/mol. The van der Waals surface area contributed by atoms with Crippen molar-refractivity contribution in [3.8, 4) is 0 Å². The average Bonchev–Trinajstić information content (AvgIpc) is 2.04. The van der Waals surface area contributed by atoms with Gasteiger partial charge in [-0.25, -0.2) is 0 Å². The number of hydrogen-bond acceptors (Lipinski definition) is 1. The molecule has 0 saturated carbocycles. The Bertz CT molecular complexity index is 268. The summed E-state index contributed by atoms with van der Waals surface area (Å²) < 4.78 is 1.97. The van der Waals surface area contributed by atoms with E-state index in [2.05, 4.69) is 6.58 Å². The van der Waals surface area contributed by atoms with Crippen molar-refractivity contribution in [1.82, 2.24) is 0 Å². The van der Waals surface area contributed by atoms with E-state index in [1.807, 2.05) is 29.0 Å². The lowest BCUT2D eigenvalue weighted by atomic mass is 10.3. The van der Waals surface area contributed by atoms with E-state index in [-0.39, 0.29) is 6.10 Å². The molecule has 0 aliphatic rings. The molecule has 0 bridgehead atoms. The molecule has 1 atom stereocenters. The molecule has 1 heterocycles. The first kappa shape index (κ1) is 8.94. The third-order valence-electron chi connectivity index (χ3n) is 1.65. The van der Waals surface area contributed by atoms with E-state index in [1.165, 1.54) is 0 Å². The lowest BCUT2D eigenvalue weighted by Gasteiger charge is -2.01. The normalized spacial score (nSPS) is 12.5. The quantitative estimate of drug-likeness (QED) is 0.662. The third kappa shape index (κ3) is 2.17. The topological polar surface area (TPSA) is 24.1 Å². The number of aliphatic hydroxyl groups is 1. The van der Waals surface area contributed by atoms with Crippen molar-refractivity contribution in [2.75, 3.05) is 0 Å². The van der Waals surface area contributed by atoms with Gasteiger partial charge in [0.25, 0.3) is 0 Å². The lowest BCUT2D eigenvalue weighted by Crippen LogP contribution is -2.41. The van der Waals surface area contributed by atoms with Gasteiger partial charge in [0.05, 0.1) is 0 Å². The number of pyridine rings is 1. The van der Waals surface area contributed by atoms with Gasteiger partial charge in [0.1, 0.15) is 6.10 Å². The second-order valence-electron chi connectivity index (χ2n) is 2.83. The second kappa shape index (κ2) is 4.02. The smallest absolute Gasteiger partial charge is 0.204 e. The molecule has 1 unspecified atom stereocenters. The molecule has 64 valence electrons. The molecular formula is C10H14NO+. The summed E-state index contributed by atoms with van der Waals surface area (Å²) in [4.78, 5) is 0. The predicted octanol–water partition coefficient (Wildman–Crippen LogP) is 0.998. The lowest BCUT2D eigenvalue weighted by molar-refractivity contribution is -0.704. The maximum absolute atomic E-state index is 9.17. The monoisotopic (exact) mass is 164 g/mol. The highest BCUT2D eigenvalue weighted by Gasteiger charge is 2.08. The van der Waals surface area contributed by atoms with E-state index >= 15 is 0 Å². The van der Waals surface area contributed by atoms with Crippen LogP contribution in [0.15, 0.2) is 31.0 Å². The molecule has 0 aliphatic carbocycles. The summed E-state index contributed by atoms with van der Waals surface area (Å²) in [6.07, 6.45) is 3.39. The van der Waals surface area contributed by atoms with Gasteiger partial charge in [-0.15, -0.1) is 0 Å². The van der Waals surface area contributed by atoms with Crippen molar-refractivity contribution in [1.29, 1.82) is 0 Å². The first-order chi connectivity index (χ1) is 5.74. The minimum atomic E-state index is -0.323. The van der Waals surface area contributed by atoms with Gasteiger partial charge in [0, 0.05) is 18.2 Å². The Balaban J connectivity index is 2.89. The average molecular weight is 164 g/mol. The number of hydrogen-bond donors (Lipinski definition) is 1. The molecule has 0 aromatic carbocycles. The van der Waals surface area contributed by atoms with Crippen LogP contribution in [-0.2, 0) is 6.54 Å². The van der Waals surface area contributed by atoms with Crippen LogP contribution >= 0.6 is 0 Å². The number of aliphatic hydroxyl groups excluding tert-OH is 1. The third-order valence-corrected chi connectivity index (χ3v) is 1.65. The molecule has 12 heavy (non-hydrogen) atoms. The van der Waals surface area contributed by atoms with Crippen molar-refractivity contribution in [2.24, 2.45) is 0 Å². The van der Waals surface area contributed by atoms with Gasteiger partial charge in [-0.1, -0.05) is 6.58 Å². The zero-order valence-corrected chi connectivity index (χ0v) is 7.27. The van der Waals surface area contributed by atoms with Crippen molar-refractivity contribution in [3.63, 3.8) is 0 Å². The summed E-state index contributed by atoms with van der Waals surface area (Å²) in [7, 11) is 0. The summed E-state index contributed by atoms with van der Waals surface area (Å²) >= 11 is 0. The molecule has 0 radical (unpaired) electrons. The van der Waals surface area contributed by atoms with Gasteiger partial charge in [-0.3, -0.25) is 0 Å². The first-order valence-corrected chi connectivity index (χ1v) is 4.03. The molecule has 1 aromatic rings. The zero-order chi connectivity index (χ0) is 8.97. The maximum atomic E-state index is 9.17. The molecule has 1 N–H and O–H groups in total. The fraction of sp³-hybridized carbons (Fsp3) is 0.300. The molecule has 0 amide bonds. The Morgan fingerprint density at radius 2 is 2.42 bits per heavy atom. The van der Waals surface area contributed by atoms with Crippen LogP contribution in [-0.4, -0.2) is 11.2 Å². The van der Waals surface area contributed by atoms with Crippen molar-refractivity contribution < 1.29 is 9.67 Å². The fourth-order valence-electron chi connectivity index (χ4n) is 1.13. The van der Waals surface area contributed by atoms with Crippen molar-refractivity contribution in [2.45, 2.75) is 19.6 Å². The van der Waals surface area contributed by atoms with Crippen LogP contribution in [0.25, 0.3) is 6.08 Å². The van der Waals surface area contributed by atoms with Crippen molar-refractivity contribution >= 4 is 6.08 Å². The van der Waals surface area contributed by atoms with E-state index in [0.29, 0.717) is 6.54 Å². The largest absolute Gasteiger partial charge is 0.387 e. The maximum Gasteiger partial charge on any atom is 0.204 e. The Kier molecular flexibility index (Phi) is 3.00. The van der Waals surface area contributed by atoms with Gasteiger partial charge < -0.3 is 5.11 Å². The molecule has 0 aliphatic heterocycles. The highest BCUT2D eigenvalue weighted by molar-refractivity contribution is 5.36. The van der Waals surface area contributed by atoms with Crippen LogP contribution in [0.4, 0.5) is 0 Å². The minimum Gasteiger partial charge on any atom is -0.387 e. The first-order valence-electron chi connectivity index (χ1n) is 4.03. The Morgan fingerprint density at radius 1 is 1.67 bits per heavy atom. The SMILES string of the molecule is C=Cc1cccc[n+]1CC(C)O. The van der Waals surface area contributed by atoms with Gasteiger partial charge in [-0.2, -0.15) is 4.57 Å². The Labute approximate surface area is 72.8 Å². The van der Waals surface area contributed by atoms with Gasteiger partial charge in [0.2, 0.25) is 5.69 Å². The zero-order valence-electron chi connectivity index (χ0n) is 7.27. The van der Waals surface area contributed by atoms with E-state index in [9.17, 15) is 5.11 Å². The van der Waals surface area contributed by atoms with Crippen LogP contribution in [0.1, 0.15) is 12.6 Å². The molecule has 2 nitrogen and oxygen atoms in total. The molecule has 1 aromatic heterocycles. The van der Waals surface area contributed by atoms with Crippen LogP contribution < -0.4 is 4.57 Å². The van der Waals surface area contributed by atoms with Crippen molar-refractivity contribution in [3.05, 3.63) is 36.7 Å². The predicted molar refractivity (Wildman–Crippen MR) is 48.4 cm³/mol. The molecule has 1 rings (SSSR count). The van der Waals surface area contributed by atoms with Gasteiger partial charge in [-0.05, 0) is 13.0 Å². The second-order valence-corrected chi connectivity index (χ2v) is 2.83. The Morgan fingerprint density at radius 3 is 3.00 bits per heavy atom. The summed E-state index contributed by atoms with van der Waals surface area (Å²) in [5.41, 5.74) is 1.03. The Hall–Kier alpha value is -1.15. The molecule has 0 saturated heterocycles. The standard InChI is InChI=1S/C10H14NO/c1-3-10-6-4-5-7-11(10)8-9(2)12/h3-7,9,12H,1,8H2,2H3/q+1. The summed E-state index contributed by atoms with van der Waals surface area (Å²) in [6, 6.07) is 5.86. The molecule has 0 spiro atoms. The highest BCUT2D eigenvalue weighted by atomic mass is 16.3. The summed E-state index contributed by atoms with van der Waals surface area (Å²) in [5.74, 6) is 0. The van der Waals surface area contributed by atoms with E-state index < -0.39 is 0 Å². The number of aromatic nitrogens is 1. The fourth-order valence-corrected chi connectivity index (χ4v) is 1.13. The highest BCUT2D eigenvalue weighted by Crippen LogP contribution is 1.93. The summed E-state index contributed by atoms with van der Waals surface area (Å²) in [5, 5.41) is 9.17. The number of rotatable bonds is 3. The number of nitrogens with zero attached hydrogens (tertiary/aromatic N) is 1. The van der Waals surface area contributed by atoms with Crippen LogP contribution in [0.2, 0.25) is 0 Å². The van der Waals surface area contributed by atoms with E-state index in [0.717, 1.165) is 5.69 Å². The van der Waals surface area contributed by atoms with E-state index in [1.54, 1.807) is 13.0 Å².